The normalized spacial score (nSPS) is 10.5. The Kier molecular flexibility index (Phi) is 6.03. The summed E-state index contributed by atoms with van der Waals surface area (Å²) in [6.07, 6.45) is 2.50. The zero-order valence-corrected chi connectivity index (χ0v) is 12.4. The lowest BCUT2D eigenvalue weighted by molar-refractivity contribution is 0.483. The first-order valence-corrected chi connectivity index (χ1v) is 7.35. The second kappa shape index (κ2) is 7.07. The maximum atomic E-state index is 10.3. The van der Waals surface area contributed by atoms with E-state index in [2.05, 4.69) is 4.98 Å². The van der Waals surface area contributed by atoms with Gasteiger partial charge in [0.1, 0.15) is 4.90 Å². The van der Waals surface area contributed by atoms with Crippen LogP contribution in [0.5, 0.6) is 0 Å². The molecule has 0 aliphatic carbocycles. The van der Waals surface area contributed by atoms with Gasteiger partial charge in [-0.05, 0) is 30.3 Å². The summed E-state index contributed by atoms with van der Waals surface area (Å²) < 4.78 is 29.1. The second-order valence-corrected chi connectivity index (χ2v) is 5.98. The minimum absolute atomic E-state index is 0.185. The molecule has 8 heteroatoms. The third-order valence-electron chi connectivity index (χ3n) is 1.76. The molecule has 19 heavy (non-hydrogen) atoms. The van der Waals surface area contributed by atoms with Crippen molar-refractivity contribution in [3.05, 3.63) is 57.8 Å². The summed E-state index contributed by atoms with van der Waals surface area (Å²) in [5, 5.41) is 1.69. The van der Waals surface area contributed by atoms with Gasteiger partial charge in [0.25, 0.3) is 10.1 Å². The molecule has 0 saturated carbocycles. The van der Waals surface area contributed by atoms with Gasteiger partial charge in [-0.2, -0.15) is 8.42 Å². The maximum absolute atomic E-state index is 10.3. The highest BCUT2D eigenvalue weighted by Crippen LogP contribution is 2.21. The Labute approximate surface area is 125 Å². The predicted molar refractivity (Wildman–Crippen MR) is 75.5 cm³/mol. The van der Waals surface area contributed by atoms with Gasteiger partial charge in [-0.3, -0.25) is 9.54 Å². The van der Waals surface area contributed by atoms with Gasteiger partial charge in [-0.25, -0.2) is 0 Å². The summed E-state index contributed by atoms with van der Waals surface area (Å²) in [6, 6.07) is 7.60. The number of aromatic nitrogens is 1. The number of benzene rings is 1. The van der Waals surface area contributed by atoms with Crippen molar-refractivity contribution in [1.29, 1.82) is 0 Å². The van der Waals surface area contributed by atoms with Gasteiger partial charge in [0.2, 0.25) is 0 Å². The van der Waals surface area contributed by atoms with E-state index >= 15 is 0 Å². The zero-order chi connectivity index (χ0) is 14.5. The van der Waals surface area contributed by atoms with E-state index in [9.17, 15) is 8.42 Å². The number of rotatable bonds is 1. The van der Waals surface area contributed by atoms with Crippen molar-refractivity contribution >= 4 is 44.9 Å². The Bertz CT molecular complexity index is 597. The fraction of sp³-hybridized carbons (Fsp3) is 0. The monoisotopic (exact) mass is 339 g/mol. The van der Waals surface area contributed by atoms with Crippen LogP contribution >= 0.6 is 34.8 Å². The minimum atomic E-state index is -4.07. The van der Waals surface area contributed by atoms with E-state index in [0.29, 0.717) is 15.1 Å². The van der Waals surface area contributed by atoms with Crippen LogP contribution in [0.3, 0.4) is 0 Å². The number of hydrogen-bond acceptors (Lipinski definition) is 3. The smallest absolute Gasteiger partial charge is 0.282 e. The predicted octanol–water partition coefficient (Wildman–Crippen LogP) is 3.98. The number of pyridine rings is 1. The molecule has 0 unspecified atom stereocenters. The van der Waals surface area contributed by atoms with Gasteiger partial charge in [-0.1, -0.05) is 34.8 Å². The SMILES string of the molecule is Clc1cc(Cl)cc(Cl)c1.O=S(=O)(O)c1cccnc1. The van der Waals surface area contributed by atoms with Crippen LogP contribution in [-0.2, 0) is 10.1 Å². The highest BCUT2D eigenvalue weighted by atomic mass is 35.5. The average Bonchev–Trinajstić information content (AvgIpc) is 2.28. The highest BCUT2D eigenvalue weighted by Gasteiger charge is 2.06. The molecule has 1 aromatic heterocycles. The summed E-state index contributed by atoms with van der Waals surface area (Å²) in [6.45, 7) is 0. The van der Waals surface area contributed by atoms with E-state index < -0.39 is 10.1 Å². The molecule has 2 rings (SSSR count). The molecule has 102 valence electrons. The van der Waals surface area contributed by atoms with Crippen LogP contribution < -0.4 is 0 Å². The molecule has 0 aliphatic rings. The lowest BCUT2D eigenvalue weighted by atomic mass is 10.4. The second-order valence-electron chi connectivity index (χ2n) is 3.25. The Balaban J connectivity index is 0.000000191. The van der Waals surface area contributed by atoms with Crippen LogP contribution in [0.15, 0.2) is 47.6 Å². The van der Waals surface area contributed by atoms with Crippen molar-refractivity contribution in [2.45, 2.75) is 4.90 Å². The molecule has 0 bridgehead atoms. The summed E-state index contributed by atoms with van der Waals surface area (Å²) in [7, 11) is -4.07. The molecule has 1 N–H and O–H groups in total. The first-order chi connectivity index (χ1) is 8.79. The van der Waals surface area contributed by atoms with Gasteiger partial charge in [0.15, 0.2) is 0 Å². The first kappa shape index (κ1) is 16.2. The van der Waals surface area contributed by atoms with Crippen LogP contribution in [0, 0.1) is 0 Å². The van der Waals surface area contributed by atoms with E-state index in [1.165, 1.54) is 18.3 Å². The minimum Gasteiger partial charge on any atom is -0.282 e. The summed E-state index contributed by atoms with van der Waals surface area (Å²) in [4.78, 5) is 3.33. The highest BCUT2D eigenvalue weighted by molar-refractivity contribution is 7.85. The van der Waals surface area contributed by atoms with Crippen molar-refractivity contribution < 1.29 is 13.0 Å². The molecule has 0 saturated heterocycles. The van der Waals surface area contributed by atoms with Gasteiger partial charge in [-0.15, -0.1) is 0 Å². The standard InChI is InChI=1S/C6H3Cl3.C5H5NO3S/c7-4-1-5(8)3-6(9)2-4;7-10(8,9)5-2-1-3-6-4-5/h1-3H;1-4H,(H,7,8,9). The largest absolute Gasteiger partial charge is 0.296 e. The van der Waals surface area contributed by atoms with Crippen LogP contribution in [0.2, 0.25) is 15.1 Å². The van der Waals surface area contributed by atoms with Crippen molar-refractivity contribution in [2.75, 3.05) is 0 Å². The zero-order valence-electron chi connectivity index (χ0n) is 9.29. The van der Waals surface area contributed by atoms with Gasteiger partial charge in [0.05, 0.1) is 0 Å². The Morgan fingerprint density at radius 3 is 1.74 bits per heavy atom. The lowest BCUT2D eigenvalue weighted by Crippen LogP contribution is -1.97. The van der Waals surface area contributed by atoms with Crippen molar-refractivity contribution in [1.82, 2.24) is 4.98 Å². The molecule has 0 fully saturated rings. The van der Waals surface area contributed by atoms with E-state index in [-0.39, 0.29) is 4.90 Å². The molecule has 2 aromatic rings. The molecule has 0 amide bonds. The maximum Gasteiger partial charge on any atom is 0.296 e. The summed E-state index contributed by atoms with van der Waals surface area (Å²) in [5.41, 5.74) is 0. The van der Waals surface area contributed by atoms with Gasteiger partial charge in [0, 0.05) is 27.5 Å². The number of halogens is 3. The molecule has 0 spiro atoms. The molecule has 0 radical (unpaired) electrons. The first-order valence-electron chi connectivity index (χ1n) is 4.78. The van der Waals surface area contributed by atoms with Crippen LogP contribution in [0.25, 0.3) is 0 Å². The molecular formula is C11H8Cl3NO3S. The topological polar surface area (TPSA) is 67.3 Å². The molecule has 0 aliphatic heterocycles. The van der Waals surface area contributed by atoms with Crippen LogP contribution in [0.4, 0.5) is 0 Å². The summed E-state index contributed by atoms with van der Waals surface area (Å²) >= 11 is 16.7. The van der Waals surface area contributed by atoms with E-state index in [1.807, 2.05) is 0 Å². The van der Waals surface area contributed by atoms with Crippen LogP contribution in [0.1, 0.15) is 0 Å². The molecule has 1 heterocycles. The third kappa shape index (κ3) is 6.22. The quantitative estimate of drug-likeness (QED) is 0.797. The van der Waals surface area contributed by atoms with E-state index in [1.54, 1.807) is 18.2 Å². The van der Waals surface area contributed by atoms with Gasteiger partial charge < -0.3 is 0 Å². The molecule has 4 nitrogen and oxygen atoms in total. The summed E-state index contributed by atoms with van der Waals surface area (Å²) in [5.74, 6) is 0. The number of nitrogens with zero attached hydrogens (tertiary/aromatic N) is 1. The Morgan fingerprint density at radius 1 is 1.00 bits per heavy atom. The Morgan fingerprint density at radius 2 is 1.47 bits per heavy atom. The van der Waals surface area contributed by atoms with E-state index in [0.717, 1.165) is 6.20 Å². The molecule has 0 atom stereocenters. The van der Waals surface area contributed by atoms with Crippen molar-refractivity contribution in [3.63, 3.8) is 0 Å². The Hall–Kier alpha value is -0.850. The fourth-order valence-electron chi connectivity index (χ4n) is 1.02. The van der Waals surface area contributed by atoms with Crippen molar-refractivity contribution in [3.8, 4) is 0 Å². The van der Waals surface area contributed by atoms with E-state index in [4.69, 9.17) is 39.4 Å². The molecule has 1 aromatic carbocycles. The average molecular weight is 341 g/mol. The lowest BCUT2D eigenvalue weighted by Gasteiger charge is -1.91. The number of hydrogen-bond donors (Lipinski definition) is 1. The van der Waals surface area contributed by atoms with Crippen LogP contribution in [-0.4, -0.2) is 18.0 Å². The molecular weight excluding hydrogens is 333 g/mol. The fourth-order valence-corrected chi connectivity index (χ4v) is 2.34. The van der Waals surface area contributed by atoms with Crippen molar-refractivity contribution in [2.24, 2.45) is 0 Å². The third-order valence-corrected chi connectivity index (χ3v) is 3.25. The van der Waals surface area contributed by atoms with Gasteiger partial charge >= 0.3 is 0 Å².